The van der Waals surface area contributed by atoms with Crippen LogP contribution in [-0.4, -0.2) is 32.6 Å². The topological polar surface area (TPSA) is 50.4 Å². The summed E-state index contributed by atoms with van der Waals surface area (Å²) >= 11 is 0. The zero-order chi connectivity index (χ0) is 18.6. The summed E-state index contributed by atoms with van der Waals surface area (Å²) in [5.74, 6) is -0.749. The summed E-state index contributed by atoms with van der Waals surface area (Å²) < 4.78 is 19.5. The number of rotatable bonds is 7. The molecule has 1 saturated heterocycles. The van der Waals surface area contributed by atoms with Crippen LogP contribution < -0.4 is 10.6 Å². The van der Waals surface area contributed by atoms with Crippen molar-refractivity contribution < 1.29 is 13.9 Å². The third kappa shape index (κ3) is 3.51. The highest BCUT2D eigenvalue weighted by Gasteiger charge is 2.45. The quantitative estimate of drug-likeness (QED) is 0.589. The molecule has 1 fully saturated rings. The van der Waals surface area contributed by atoms with E-state index in [-0.39, 0.29) is 11.3 Å². The second-order valence-corrected chi connectivity index (χ2v) is 6.34. The van der Waals surface area contributed by atoms with Crippen molar-refractivity contribution in [3.63, 3.8) is 0 Å². The molecule has 134 valence electrons. The van der Waals surface area contributed by atoms with Crippen LogP contribution in [0, 0.1) is 18.2 Å². The van der Waals surface area contributed by atoms with E-state index in [9.17, 15) is 9.18 Å². The van der Waals surface area contributed by atoms with Gasteiger partial charge in [0.2, 0.25) is 0 Å². The van der Waals surface area contributed by atoms with E-state index in [0.29, 0.717) is 42.2 Å². The molecule has 5 heteroatoms. The minimum atomic E-state index is -0.935. The molecular weight excluding hydrogens is 319 g/mol. The van der Waals surface area contributed by atoms with Crippen LogP contribution >= 0.6 is 0 Å². The molecule has 0 bridgehead atoms. The molecule has 1 aromatic carbocycles. The number of ether oxygens (including phenoxy) is 1. The summed E-state index contributed by atoms with van der Waals surface area (Å²) in [5.41, 5.74) is 1.67. The van der Waals surface area contributed by atoms with Gasteiger partial charge in [-0.2, -0.15) is 0 Å². The van der Waals surface area contributed by atoms with Crippen molar-refractivity contribution in [3.05, 3.63) is 71.3 Å². The number of hydrogen-bond acceptors (Lipinski definition) is 4. The average Bonchev–Trinajstić information content (AvgIpc) is 2.90. The van der Waals surface area contributed by atoms with Crippen LogP contribution in [0.5, 0.6) is 0 Å². The summed E-state index contributed by atoms with van der Waals surface area (Å²) in [6, 6.07) is 4.87. The lowest BCUT2D eigenvalue weighted by Crippen LogP contribution is -2.34. The number of allylic oxidation sites excluding steroid dienone is 2. The molecule has 0 saturated carbocycles. The smallest absolute Gasteiger partial charge is 0.177 e. The number of nitrogens with one attached hydrogen (secondary N) is 2. The molecule has 1 heterocycles. The predicted octanol–water partition coefficient (Wildman–Crippen LogP) is 3.12. The Morgan fingerprint density at radius 3 is 2.88 bits per heavy atom. The summed E-state index contributed by atoms with van der Waals surface area (Å²) in [4.78, 5) is 13.2. The van der Waals surface area contributed by atoms with E-state index < -0.39 is 11.2 Å². The Morgan fingerprint density at radius 1 is 1.52 bits per heavy atom. The molecule has 0 aromatic heterocycles. The largest absolute Gasteiger partial charge is 0.384 e. The maximum Gasteiger partial charge on any atom is 0.177 e. The molecule has 25 heavy (non-hydrogen) atoms. The minimum Gasteiger partial charge on any atom is -0.384 e. The van der Waals surface area contributed by atoms with Crippen LogP contribution in [0.1, 0.15) is 22.8 Å². The first-order valence-corrected chi connectivity index (χ1v) is 8.20. The number of halogens is 1. The van der Waals surface area contributed by atoms with Crippen molar-refractivity contribution in [1.29, 1.82) is 0 Å². The first kappa shape index (κ1) is 18.9. The van der Waals surface area contributed by atoms with Gasteiger partial charge in [-0.3, -0.25) is 4.79 Å². The van der Waals surface area contributed by atoms with E-state index in [1.165, 1.54) is 6.07 Å². The molecule has 0 radical (unpaired) electrons. The van der Waals surface area contributed by atoms with E-state index in [1.54, 1.807) is 39.2 Å². The van der Waals surface area contributed by atoms with Crippen LogP contribution in [-0.2, 0) is 4.74 Å². The van der Waals surface area contributed by atoms with Crippen molar-refractivity contribution in [2.75, 3.05) is 26.8 Å². The fourth-order valence-corrected chi connectivity index (χ4v) is 3.12. The van der Waals surface area contributed by atoms with E-state index in [0.717, 1.165) is 0 Å². The maximum absolute atomic E-state index is 14.5. The van der Waals surface area contributed by atoms with Gasteiger partial charge in [0, 0.05) is 37.2 Å². The lowest BCUT2D eigenvalue weighted by atomic mass is 9.76. The highest BCUT2D eigenvalue weighted by Crippen LogP contribution is 2.41. The molecule has 0 amide bonds. The monoisotopic (exact) mass is 344 g/mol. The number of Topliss-reactive ketones (excluding diaryl/α,β-unsaturated/α-hetero) is 1. The Balaban J connectivity index is 2.49. The Bertz CT molecular complexity index is 739. The number of benzene rings is 1. The summed E-state index contributed by atoms with van der Waals surface area (Å²) in [7, 11) is 1.62. The third-order valence-electron chi connectivity index (χ3n) is 4.54. The van der Waals surface area contributed by atoms with Gasteiger partial charge in [0.1, 0.15) is 5.82 Å². The Hall–Kier alpha value is -2.40. The van der Waals surface area contributed by atoms with E-state index in [4.69, 9.17) is 4.74 Å². The van der Waals surface area contributed by atoms with Gasteiger partial charge in [-0.25, -0.2) is 4.39 Å². The molecule has 1 aliphatic rings. The number of carbonyl (C=O) groups is 1. The zero-order valence-electron chi connectivity index (χ0n) is 15.0. The molecule has 1 atom stereocenters. The van der Waals surface area contributed by atoms with Gasteiger partial charge in [0.05, 0.1) is 17.6 Å². The molecule has 1 aromatic rings. The molecule has 0 aliphatic carbocycles. The molecule has 2 N–H and O–H groups in total. The summed E-state index contributed by atoms with van der Waals surface area (Å²) in [6.45, 7) is 12.7. The second kappa shape index (κ2) is 7.66. The van der Waals surface area contributed by atoms with Crippen molar-refractivity contribution in [2.24, 2.45) is 5.41 Å². The van der Waals surface area contributed by atoms with Gasteiger partial charge in [0.15, 0.2) is 5.78 Å². The molecular formula is C20H25FN2O2. The Labute approximate surface area is 148 Å². The van der Waals surface area contributed by atoms with Crippen LogP contribution in [0.2, 0.25) is 0 Å². The van der Waals surface area contributed by atoms with Gasteiger partial charge in [0.25, 0.3) is 0 Å². The predicted molar refractivity (Wildman–Crippen MR) is 97.8 cm³/mol. The first-order valence-electron chi connectivity index (χ1n) is 8.20. The third-order valence-corrected chi connectivity index (χ3v) is 4.54. The van der Waals surface area contributed by atoms with E-state index >= 15 is 0 Å². The van der Waals surface area contributed by atoms with Crippen LogP contribution in [0.15, 0.2) is 54.4 Å². The fraction of sp³-hybridized carbons (Fsp3) is 0.350. The number of carbonyl (C=O) groups excluding carboxylic acids is 1. The van der Waals surface area contributed by atoms with E-state index in [1.807, 2.05) is 0 Å². The molecule has 0 spiro atoms. The van der Waals surface area contributed by atoms with Crippen molar-refractivity contribution >= 4 is 5.78 Å². The van der Waals surface area contributed by atoms with Crippen LogP contribution in [0.3, 0.4) is 0 Å². The molecule has 2 rings (SSSR count). The number of ketones is 1. The van der Waals surface area contributed by atoms with Crippen LogP contribution in [0.25, 0.3) is 0 Å². The van der Waals surface area contributed by atoms with Gasteiger partial charge in [-0.05, 0) is 31.6 Å². The summed E-state index contributed by atoms with van der Waals surface area (Å²) in [6.07, 6.45) is 1.65. The Kier molecular flexibility index (Phi) is 5.80. The standard InChI is InChI=1S/C20H25FN2O2/c1-6-16(22-10-11-25-5)17-14(3)23-12-20(17,4)19(24)15-9-7-8-13(2)18(15)21/h6-9,22-23H,1,3,10-12H2,2,4-5H3/b17-16-. The SMILES string of the molecule is C=C/C(NCCOC)=C1\C(=C)NCC1(C)C(=O)c1cccc(C)c1F. The van der Waals surface area contributed by atoms with Crippen LogP contribution in [0.4, 0.5) is 4.39 Å². The van der Waals surface area contributed by atoms with Crippen molar-refractivity contribution in [3.8, 4) is 0 Å². The van der Waals surface area contributed by atoms with Crippen molar-refractivity contribution in [2.45, 2.75) is 13.8 Å². The van der Waals surface area contributed by atoms with Gasteiger partial charge < -0.3 is 15.4 Å². The lowest BCUT2D eigenvalue weighted by molar-refractivity contribution is 0.0869. The first-order chi connectivity index (χ1) is 11.9. The maximum atomic E-state index is 14.5. The number of methoxy groups -OCH3 is 1. The number of hydrogen-bond donors (Lipinski definition) is 2. The average molecular weight is 344 g/mol. The van der Waals surface area contributed by atoms with Gasteiger partial charge in [-0.15, -0.1) is 0 Å². The summed E-state index contributed by atoms with van der Waals surface area (Å²) in [5, 5.41) is 6.36. The van der Waals surface area contributed by atoms with Crippen molar-refractivity contribution in [1.82, 2.24) is 10.6 Å². The molecule has 1 unspecified atom stereocenters. The number of aryl methyl sites for hydroxylation is 1. The Morgan fingerprint density at radius 2 is 2.24 bits per heavy atom. The second-order valence-electron chi connectivity index (χ2n) is 6.34. The normalized spacial score (nSPS) is 21.7. The zero-order valence-corrected chi connectivity index (χ0v) is 15.0. The molecule has 4 nitrogen and oxygen atoms in total. The minimum absolute atomic E-state index is 0.0943. The lowest BCUT2D eigenvalue weighted by Gasteiger charge is -2.26. The highest BCUT2D eigenvalue weighted by molar-refractivity contribution is 6.04. The van der Waals surface area contributed by atoms with Gasteiger partial charge >= 0.3 is 0 Å². The van der Waals surface area contributed by atoms with Gasteiger partial charge in [-0.1, -0.05) is 25.3 Å². The highest BCUT2D eigenvalue weighted by atomic mass is 19.1. The fourth-order valence-electron chi connectivity index (χ4n) is 3.12. The molecule has 1 aliphatic heterocycles. The van der Waals surface area contributed by atoms with E-state index in [2.05, 4.69) is 23.8 Å².